The average molecular weight is 195 g/mol. The summed E-state index contributed by atoms with van der Waals surface area (Å²) in [6.07, 6.45) is 1.27. The normalized spacial score (nSPS) is 9.08. The molecule has 1 N–H and O–H groups in total. The van der Waals surface area contributed by atoms with E-state index in [2.05, 4.69) is 11.8 Å². The summed E-state index contributed by atoms with van der Waals surface area (Å²) in [6, 6.07) is 7.61. The van der Waals surface area contributed by atoms with Crippen molar-refractivity contribution >= 4 is 11.6 Å². The Kier molecular flexibility index (Phi) is 4.39. The maximum Gasteiger partial charge on any atom is 0.0540 e. The van der Waals surface area contributed by atoms with Crippen LogP contribution in [0, 0.1) is 11.8 Å². The van der Waals surface area contributed by atoms with Crippen LogP contribution in [0.2, 0.25) is 5.02 Å². The number of benzene rings is 1. The molecule has 0 spiro atoms. The van der Waals surface area contributed by atoms with Gasteiger partial charge < -0.3 is 5.11 Å². The van der Waals surface area contributed by atoms with Crippen LogP contribution in [0.3, 0.4) is 0 Å². The van der Waals surface area contributed by atoms with Crippen molar-refractivity contribution in [2.24, 2.45) is 0 Å². The van der Waals surface area contributed by atoms with Gasteiger partial charge in [-0.1, -0.05) is 29.7 Å². The van der Waals surface area contributed by atoms with E-state index < -0.39 is 0 Å². The van der Waals surface area contributed by atoms with Gasteiger partial charge in [-0.05, 0) is 17.7 Å². The highest BCUT2D eigenvalue weighted by Gasteiger charge is 1.88. The molecule has 0 aliphatic carbocycles. The Hall–Kier alpha value is -0.970. The number of aliphatic hydroxyl groups is 1. The Bertz CT molecular complexity index is 305. The number of aliphatic hydroxyl groups excluding tert-OH is 1. The molecule has 1 aromatic carbocycles. The second-order valence-corrected chi connectivity index (χ2v) is 3.07. The minimum atomic E-state index is 0.133. The Morgan fingerprint density at radius 2 is 1.85 bits per heavy atom. The molecule has 0 radical (unpaired) electrons. The van der Waals surface area contributed by atoms with Gasteiger partial charge in [-0.25, -0.2) is 0 Å². The molecule has 0 heterocycles. The van der Waals surface area contributed by atoms with Gasteiger partial charge in [0.1, 0.15) is 0 Å². The SMILES string of the molecule is OCCC#CCc1ccc(Cl)cc1. The van der Waals surface area contributed by atoms with Crippen LogP contribution >= 0.6 is 11.6 Å². The second kappa shape index (κ2) is 5.64. The van der Waals surface area contributed by atoms with E-state index in [1.165, 1.54) is 0 Å². The molecule has 68 valence electrons. The lowest BCUT2D eigenvalue weighted by Crippen LogP contribution is -1.81. The van der Waals surface area contributed by atoms with Crippen LogP contribution in [0.15, 0.2) is 24.3 Å². The van der Waals surface area contributed by atoms with Crippen molar-refractivity contribution < 1.29 is 5.11 Å². The molecule has 0 bridgehead atoms. The van der Waals surface area contributed by atoms with Gasteiger partial charge in [-0.2, -0.15) is 0 Å². The van der Waals surface area contributed by atoms with Gasteiger partial charge in [0.2, 0.25) is 0 Å². The highest BCUT2D eigenvalue weighted by atomic mass is 35.5. The average Bonchev–Trinajstić information content (AvgIpc) is 2.15. The van der Waals surface area contributed by atoms with E-state index in [0.717, 1.165) is 17.0 Å². The fourth-order valence-electron chi connectivity index (χ4n) is 0.911. The first kappa shape index (κ1) is 10.1. The summed E-state index contributed by atoms with van der Waals surface area (Å²) in [7, 11) is 0. The first-order chi connectivity index (χ1) is 6.33. The third-order valence-corrected chi connectivity index (χ3v) is 1.82. The van der Waals surface area contributed by atoms with Crippen molar-refractivity contribution in [3.8, 4) is 11.8 Å². The molecule has 13 heavy (non-hydrogen) atoms. The van der Waals surface area contributed by atoms with E-state index in [1.54, 1.807) is 0 Å². The maximum absolute atomic E-state index is 8.48. The lowest BCUT2D eigenvalue weighted by molar-refractivity contribution is 0.305. The number of hydrogen-bond acceptors (Lipinski definition) is 1. The molecule has 0 atom stereocenters. The predicted octanol–water partition coefficient (Wildman–Crippen LogP) is 2.27. The monoisotopic (exact) mass is 194 g/mol. The summed E-state index contributed by atoms with van der Waals surface area (Å²) in [6.45, 7) is 0.133. The van der Waals surface area contributed by atoms with Gasteiger partial charge >= 0.3 is 0 Å². The number of hydrogen-bond donors (Lipinski definition) is 1. The summed E-state index contributed by atoms with van der Waals surface area (Å²) >= 11 is 5.73. The molecule has 1 rings (SSSR count). The third-order valence-electron chi connectivity index (χ3n) is 1.57. The highest BCUT2D eigenvalue weighted by Crippen LogP contribution is 2.09. The summed E-state index contributed by atoms with van der Waals surface area (Å²) in [5.41, 5.74) is 1.15. The van der Waals surface area contributed by atoms with E-state index in [9.17, 15) is 0 Å². The fraction of sp³-hybridized carbons (Fsp3) is 0.273. The van der Waals surface area contributed by atoms with Crippen LogP contribution in [-0.4, -0.2) is 11.7 Å². The smallest absolute Gasteiger partial charge is 0.0540 e. The molecule has 0 saturated carbocycles. The van der Waals surface area contributed by atoms with Crippen LogP contribution in [0.1, 0.15) is 12.0 Å². The number of halogens is 1. The molecule has 0 unspecified atom stereocenters. The predicted molar refractivity (Wildman–Crippen MR) is 54.6 cm³/mol. The molecule has 1 nitrogen and oxygen atoms in total. The van der Waals surface area contributed by atoms with Gasteiger partial charge in [0.15, 0.2) is 0 Å². The molecule has 2 heteroatoms. The zero-order valence-corrected chi connectivity index (χ0v) is 8.01. The molecule has 0 amide bonds. The fourth-order valence-corrected chi connectivity index (χ4v) is 1.04. The largest absolute Gasteiger partial charge is 0.395 e. The molecule has 0 fully saturated rings. The lowest BCUT2D eigenvalue weighted by atomic mass is 10.1. The van der Waals surface area contributed by atoms with Crippen molar-refractivity contribution in [2.45, 2.75) is 12.8 Å². The Morgan fingerprint density at radius 3 is 2.46 bits per heavy atom. The van der Waals surface area contributed by atoms with Crippen molar-refractivity contribution in [1.29, 1.82) is 0 Å². The minimum Gasteiger partial charge on any atom is -0.395 e. The van der Waals surface area contributed by atoms with Crippen molar-refractivity contribution in [3.63, 3.8) is 0 Å². The summed E-state index contributed by atoms with van der Waals surface area (Å²) in [5, 5.41) is 9.22. The summed E-state index contributed by atoms with van der Waals surface area (Å²) in [5.74, 6) is 5.83. The minimum absolute atomic E-state index is 0.133. The van der Waals surface area contributed by atoms with Crippen molar-refractivity contribution in [2.75, 3.05) is 6.61 Å². The second-order valence-electron chi connectivity index (χ2n) is 2.63. The van der Waals surface area contributed by atoms with Gasteiger partial charge in [-0.3, -0.25) is 0 Å². The molecule has 0 aromatic heterocycles. The third kappa shape index (κ3) is 3.98. The van der Waals surface area contributed by atoms with Crippen molar-refractivity contribution in [1.82, 2.24) is 0 Å². The Labute approximate surface area is 83.4 Å². The van der Waals surface area contributed by atoms with Crippen molar-refractivity contribution in [3.05, 3.63) is 34.9 Å². The van der Waals surface area contributed by atoms with Crippen LogP contribution < -0.4 is 0 Å². The van der Waals surface area contributed by atoms with E-state index >= 15 is 0 Å². The zero-order valence-electron chi connectivity index (χ0n) is 7.26. The van der Waals surface area contributed by atoms with Crippen LogP contribution in [0.5, 0.6) is 0 Å². The molecule has 0 aliphatic heterocycles. The topological polar surface area (TPSA) is 20.2 Å². The first-order valence-corrected chi connectivity index (χ1v) is 4.52. The van der Waals surface area contributed by atoms with E-state index in [4.69, 9.17) is 16.7 Å². The zero-order chi connectivity index (χ0) is 9.52. The standard InChI is InChI=1S/C11H11ClO/c12-11-7-5-10(6-8-11)4-2-1-3-9-13/h5-8,13H,3-4,9H2. The lowest BCUT2D eigenvalue weighted by Gasteiger charge is -1.93. The Balaban J connectivity index is 2.47. The van der Waals surface area contributed by atoms with E-state index in [1.807, 2.05) is 24.3 Å². The summed E-state index contributed by atoms with van der Waals surface area (Å²) in [4.78, 5) is 0. The first-order valence-electron chi connectivity index (χ1n) is 4.14. The van der Waals surface area contributed by atoms with Gasteiger partial charge in [0, 0.05) is 17.9 Å². The van der Waals surface area contributed by atoms with Crippen LogP contribution in [0.4, 0.5) is 0 Å². The maximum atomic E-state index is 8.48. The van der Waals surface area contributed by atoms with E-state index in [-0.39, 0.29) is 6.61 Å². The van der Waals surface area contributed by atoms with Crippen LogP contribution in [0.25, 0.3) is 0 Å². The van der Waals surface area contributed by atoms with Gasteiger partial charge in [0.05, 0.1) is 6.61 Å². The molecule has 1 aromatic rings. The molecule has 0 saturated heterocycles. The molecule has 0 aliphatic rings. The van der Waals surface area contributed by atoms with Crippen LogP contribution in [-0.2, 0) is 6.42 Å². The molecular formula is C11H11ClO. The highest BCUT2D eigenvalue weighted by molar-refractivity contribution is 6.30. The van der Waals surface area contributed by atoms with Gasteiger partial charge in [-0.15, -0.1) is 5.92 Å². The van der Waals surface area contributed by atoms with Gasteiger partial charge in [0.25, 0.3) is 0 Å². The number of rotatable bonds is 2. The summed E-state index contributed by atoms with van der Waals surface area (Å²) < 4.78 is 0. The molecular weight excluding hydrogens is 184 g/mol. The Morgan fingerprint density at radius 1 is 1.15 bits per heavy atom. The quantitative estimate of drug-likeness (QED) is 0.717. The van der Waals surface area contributed by atoms with E-state index in [0.29, 0.717) is 6.42 Å².